The molecule has 1 aromatic heterocycles. The summed E-state index contributed by atoms with van der Waals surface area (Å²) in [4.78, 5) is 29.6. The summed E-state index contributed by atoms with van der Waals surface area (Å²) in [5.41, 5.74) is 0.265. The Balaban J connectivity index is 2.05. The average molecular weight is 385 g/mol. The Bertz CT molecular complexity index is 1040. The first-order chi connectivity index (χ1) is 13.0. The van der Waals surface area contributed by atoms with E-state index in [1.165, 1.54) is 16.7 Å². The minimum absolute atomic E-state index is 0.0661. The highest BCUT2D eigenvalue weighted by Gasteiger charge is 2.17. The van der Waals surface area contributed by atoms with Gasteiger partial charge in [-0.05, 0) is 37.6 Å². The van der Waals surface area contributed by atoms with Crippen LogP contribution in [0.2, 0.25) is 0 Å². The lowest BCUT2D eigenvalue weighted by Gasteiger charge is -2.15. The van der Waals surface area contributed by atoms with Crippen molar-refractivity contribution >= 4 is 28.6 Å². The van der Waals surface area contributed by atoms with Crippen molar-refractivity contribution in [2.45, 2.75) is 31.5 Å². The second kappa shape index (κ2) is 8.35. The van der Waals surface area contributed by atoms with Gasteiger partial charge < -0.3 is 5.32 Å². The van der Waals surface area contributed by atoms with Gasteiger partial charge in [0.05, 0.1) is 22.3 Å². The zero-order valence-electron chi connectivity index (χ0n) is 15.1. The van der Waals surface area contributed by atoms with Crippen LogP contribution in [0.5, 0.6) is 0 Å². The standard InChI is InChI=1S/C20H20FN3O2S/c1-3-13(2)22-18(25)12-27-20-23-16-10-6-4-8-14(16)19(26)24(20)17-11-7-5-9-15(17)21/h4-11,13H,3,12H2,1-2H3,(H,22,25)/t13-/m0/s1. The topological polar surface area (TPSA) is 64.0 Å². The summed E-state index contributed by atoms with van der Waals surface area (Å²) in [6.07, 6.45) is 0.824. The lowest BCUT2D eigenvalue weighted by Crippen LogP contribution is -2.33. The number of amides is 1. The fourth-order valence-electron chi connectivity index (χ4n) is 2.60. The number of carbonyl (C=O) groups excluding carboxylic acids is 1. The molecule has 0 saturated carbocycles. The quantitative estimate of drug-likeness (QED) is 0.521. The van der Waals surface area contributed by atoms with Gasteiger partial charge in [-0.1, -0.05) is 43.0 Å². The van der Waals surface area contributed by atoms with Gasteiger partial charge in [-0.15, -0.1) is 0 Å². The van der Waals surface area contributed by atoms with Crippen molar-refractivity contribution in [1.29, 1.82) is 0 Å². The predicted octanol–water partition coefficient (Wildman–Crippen LogP) is 3.53. The van der Waals surface area contributed by atoms with Gasteiger partial charge in [0, 0.05) is 6.04 Å². The molecule has 0 aliphatic heterocycles. The molecule has 0 spiro atoms. The smallest absolute Gasteiger partial charge is 0.266 e. The number of para-hydroxylation sites is 2. The summed E-state index contributed by atoms with van der Waals surface area (Å²) in [5, 5.41) is 3.55. The van der Waals surface area contributed by atoms with Crippen LogP contribution in [0.3, 0.4) is 0 Å². The van der Waals surface area contributed by atoms with Crippen molar-refractivity contribution in [3.63, 3.8) is 0 Å². The predicted molar refractivity (Wildman–Crippen MR) is 106 cm³/mol. The first-order valence-corrected chi connectivity index (χ1v) is 9.68. The van der Waals surface area contributed by atoms with Crippen LogP contribution in [0.1, 0.15) is 20.3 Å². The number of halogens is 1. The van der Waals surface area contributed by atoms with Crippen molar-refractivity contribution in [3.8, 4) is 5.69 Å². The molecule has 7 heteroatoms. The highest BCUT2D eigenvalue weighted by Crippen LogP contribution is 2.22. The van der Waals surface area contributed by atoms with Crippen LogP contribution in [-0.2, 0) is 4.79 Å². The molecule has 3 rings (SSSR count). The maximum atomic E-state index is 14.4. The second-order valence-corrected chi connectivity index (χ2v) is 7.11. The third kappa shape index (κ3) is 4.19. The molecular formula is C20H20FN3O2S. The summed E-state index contributed by atoms with van der Waals surface area (Å²) in [7, 11) is 0. The Morgan fingerprint density at radius 2 is 1.93 bits per heavy atom. The first kappa shape index (κ1) is 19.1. The zero-order chi connectivity index (χ0) is 19.4. The van der Waals surface area contributed by atoms with E-state index in [9.17, 15) is 14.0 Å². The van der Waals surface area contributed by atoms with Crippen LogP contribution >= 0.6 is 11.8 Å². The number of hydrogen-bond donors (Lipinski definition) is 1. The van der Waals surface area contributed by atoms with E-state index in [0.717, 1.165) is 18.2 Å². The van der Waals surface area contributed by atoms with Gasteiger partial charge in [0.1, 0.15) is 5.82 Å². The van der Waals surface area contributed by atoms with Gasteiger partial charge in [-0.3, -0.25) is 14.2 Å². The van der Waals surface area contributed by atoms with E-state index < -0.39 is 5.82 Å². The van der Waals surface area contributed by atoms with E-state index in [-0.39, 0.29) is 34.1 Å². The number of benzene rings is 2. The van der Waals surface area contributed by atoms with E-state index in [4.69, 9.17) is 0 Å². The molecule has 0 saturated heterocycles. The van der Waals surface area contributed by atoms with E-state index >= 15 is 0 Å². The number of carbonyl (C=O) groups is 1. The Labute approximate surface area is 160 Å². The highest BCUT2D eigenvalue weighted by atomic mass is 32.2. The third-order valence-electron chi connectivity index (χ3n) is 4.19. The monoisotopic (exact) mass is 385 g/mol. The van der Waals surface area contributed by atoms with Crippen LogP contribution in [0.15, 0.2) is 58.5 Å². The molecular weight excluding hydrogens is 365 g/mol. The minimum Gasteiger partial charge on any atom is -0.353 e. The molecule has 1 N–H and O–H groups in total. The Morgan fingerprint density at radius 1 is 1.22 bits per heavy atom. The average Bonchev–Trinajstić information content (AvgIpc) is 2.67. The number of nitrogens with zero attached hydrogens (tertiary/aromatic N) is 2. The largest absolute Gasteiger partial charge is 0.353 e. The summed E-state index contributed by atoms with van der Waals surface area (Å²) in [5.74, 6) is -0.594. The number of fused-ring (bicyclic) bond motifs is 1. The molecule has 1 heterocycles. The number of nitrogens with one attached hydrogen (secondary N) is 1. The van der Waals surface area contributed by atoms with Crippen LogP contribution < -0.4 is 10.9 Å². The van der Waals surface area contributed by atoms with Gasteiger partial charge in [-0.25, -0.2) is 9.37 Å². The fraction of sp³-hybridized carbons (Fsp3) is 0.250. The molecule has 0 bridgehead atoms. The first-order valence-electron chi connectivity index (χ1n) is 8.70. The molecule has 0 fully saturated rings. The van der Waals surface area contributed by atoms with Crippen molar-refractivity contribution in [2.75, 3.05) is 5.75 Å². The van der Waals surface area contributed by atoms with Crippen molar-refractivity contribution in [1.82, 2.24) is 14.9 Å². The molecule has 3 aromatic rings. The van der Waals surface area contributed by atoms with Crippen LogP contribution in [0.4, 0.5) is 4.39 Å². The molecule has 0 aliphatic carbocycles. The molecule has 5 nitrogen and oxygen atoms in total. The maximum Gasteiger partial charge on any atom is 0.266 e. The van der Waals surface area contributed by atoms with Gasteiger partial charge in [0.2, 0.25) is 5.91 Å². The van der Waals surface area contributed by atoms with Crippen LogP contribution in [0.25, 0.3) is 16.6 Å². The van der Waals surface area contributed by atoms with E-state index in [2.05, 4.69) is 10.3 Å². The third-order valence-corrected chi connectivity index (χ3v) is 5.13. The summed E-state index contributed by atoms with van der Waals surface area (Å²) < 4.78 is 15.6. The maximum absolute atomic E-state index is 14.4. The summed E-state index contributed by atoms with van der Waals surface area (Å²) >= 11 is 1.11. The summed E-state index contributed by atoms with van der Waals surface area (Å²) in [6, 6.07) is 13.0. The van der Waals surface area contributed by atoms with E-state index in [0.29, 0.717) is 10.9 Å². The molecule has 0 radical (unpaired) electrons. The van der Waals surface area contributed by atoms with Crippen LogP contribution in [-0.4, -0.2) is 27.3 Å². The molecule has 1 atom stereocenters. The fourth-order valence-corrected chi connectivity index (χ4v) is 3.42. The van der Waals surface area contributed by atoms with Gasteiger partial charge in [0.15, 0.2) is 5.16 Å². The molecule has 1 amide bonds. The van der Waals surface area contributed by atoms with Crippen molar-refractivity contribution < 1.29 is 9.18 Å². The normalized spacial score (nSPS) is 12.1. The molecule has 2 aromatic carbocycles. The molecule has 0 aliphatic rings. The Hall–Kier alpha value is -2.67. The number of rotatable bonds is 6. The minimum atomic E-state index is -0.525. The van der Waals surface area contributed by atoms with Crippen LogP contribution in [0, 0.1) is 5.82 Å². The highest BCUT2D eigenvalue weighted by molar-refractivity contribution is 7.99. The lowest BCUT2D eigenvalue weighted by molar-refractivity contribution is -0.119. The number of aromatic nitrogens is 2. The lowest BCUT2D eigenvalue weighted by atomic mass is 10.2. The second-order valence-electron chi connectivity index (χ2n) is 6.17. The summed E-state index contributed by atoms with van der Waals surface area (Å²) in [6.45, 7) is 3.91. The SMILES string of the molecule is CC[C@H](C)NC(=O)CSc1nc2ccccc2c(=O)n1-c1ccccc1F. The molecule has 0 unspecified atom stereocenters. The number of hydrogen-bond acceptors (Lipinski definition) is 4. The molecule has 140 valence electrons. The zero-order valence-corrected chi connectivity index (χ0v) is 15.9. The van der Waals surface area contributed by atoms with E-state index in [1.807, 2.05) is 13.8 Å². The van der Waals surface area contributed by atoms with Gasteiger partial charge >= 0.3 is 0 Å². The Kier molecular flexibility index (Phi) is 5.91. The van der Waals surface area contributed by atoms with Crippen molar-refractivity contribution in [3.05, 3.63) is 64.7 Å². The van der Waals surface area contributed by atoms with Crippen molar-refractivity contribution in [2.24, 2.45) is 0 Å². The van der Waals surface area contributed by atoms with Gasteiger partial charge in [0.25, 0.3) is 5.56 Å². The number of thioether (sulfide) groups is 1. The van der Waals surface area contributed by atoms with Gasteiger partial charge in [-0.2, -0.15) is 0 Å². The molecule has 27 heavy (non-hydrogen) atoms. The Morgan fingerprint density at radius 3 is 2.67 bits per heavy atom. The van der Waals surface area contributed by atoms with E-state index in [1.54, 1.807) is 36.4 Å².